The molecule has 0 amide bonds. The Labute approximate surface area is 125 Å². The van der Waals surface area contributed by atoms with E-state index < -0.39 is 5.97 Å². The average molecular weight is 295 g/mol. The van der Waals surface area contributed by atoms with Crippen molar-refractivity contribution < 1.29 is 9.90 Å². The number of carboxylic acid groups (broad SMARTS) is 1. The first-order valence-electron chi connectivity index (χ1n) is 6.65. The van der Waals surface area contributed by atoms with E-state index in [2.05, 4.69) is 10.4 Å². The molecule has 0 unspecified atom stereocenters. The molecule has 0 fully saturated rings. The molecule has 3 aromatic rings. The minimum absolute atomic E-state index is 0.0851. The largest absolute Gasteiger partial charge is 0.478 e. The normalized spacial score (nSPS) is 10.6. The predicted octanol–water partition coefficient (Wildman–Crippen LogP) is 2.28. The van der Waals surface area contributed by atoms with Gasteiger partial charge < -0.3 is 5.11 Å². The van der Waals surface area contributed by atoms with Crippen molar-refractivity contribution in [2.75, 3.05) is 5.43 Å². The van der Waals surface area contributed by atoms with Crippen LogP contribution in [0.4, 0.5) is 5.69 Å². The van der Waals surface area contributed by atoms with Crippen LogP contribution in [0.3, 0.4) is 0 Å². The lowest BCUT2D eigenvalue weighted by atomic mass is 10.2. The van der Waals surface area contributed by atoms with E-state index in [4.69, 9.17) is 0 Å². The maximum absolute atomic E-state index is 12.5. The van der Waals surface area contributed by atoms with Crippen LogP contribution >= 0.6 is 0 Å². The van der Waals surface area contributed by atoms with Gasteiger partial charge in [-0.25, -0.2) is 14.5 Å². The summed E-state index contributed by atoms with van der Waals surface area (Å²) in [4.78, 5) is 28.2. The van der Waals surface area contributed by atoms with Crippen molar-refractivity contribution in [3.63, 3.8) is 0 Å². The molecule has 0 bridgehead atoms. The standard InChI is InChI=1S/C16H13N3O3/c1-10-17-13-8-4-2-6-11(13)15(20)19(10)18-14-9-5-3-7-12(14)16(21)22/h2-9,18H,1H3,(H,21,22). The predicted molar refractivity (Wildman–Crippen MR) is 83.2 cm³/mol. The molecule has 2 N–H and O–H groups in total. The van der Waals surface area contributed by atoms with Crippen LogP contribution in [0.1, 0.15) is 16.2 Å². The monoisotopic (exact) mass is 295 g/mol. The highest BCUT2D eigenvalue weighted by atomic mass is 16.4. The van der Waals surface area contributed by atoms with Crippen LogP contribution < -0.4 is 11.0 Å². The van der Waals surface area contributed by atoms with Crippen molar-refractivity contribution in [1.29, 1.82) is 0 Å². The Balaban J connectivity index is 2.16. The molecule has 3 rings (SSSR count). The van der Waals surface area contributed by atoms with Gasteiger partial charge in [-0.2, -0.15) is 0 Å². The maximum Gasteiger partial charge on any atom is 0.337 e. The van der Waals surface area contributed by atoms with Crippen LogP contribution in [0.5, 0.6) is 0 Å². The molecule has 0 aliphatic carbocycles. The number of hydrogen-bond donors (Lipinski definition) is 2. The highest BCUT2D eigenvalue weighted by Gasteiger charge is 2.12. The van der Waals surface area contributed by atoms with Crippen LogP contribution in [-0.4, -0.2) is 20.7 Å². The minimum atomic E-state index is -1.07. The lowest BCUT2D eigenvalue weighted by molar-refractivity contribution is 0.0698. The van der Waals surface area contributed by atoms with Gasteiger partial charge in [0.15, 0.2) is 0 Å². The number of carbonyl (C=O) groups is 1. The van der Waals surface area contributed by atoms with Gasteiger partial charge in [-0.3, -0.25) is 10.2 Å². The first-order valence-corrected chi connectivity index (χ1v) is 6.65. The molecule has 22 heavy (non-hydrogen) atoms. The maximum atomic E-state index is 12.5. The van der Waals surface area contributed by atoms with E-state index in [1.165, 1.54) is 10.7 Å². The molecular formula is C16H13N3O3. The van der Waals surface area contributed by atoms with Gasteiger partial charge >= 0.3 is 5.97 Å². The zero-order chi connectivity index (χ0) is 15.7. The smallest absolute Gasteiger partial charge is 0.337 e. The number of benzene rings is 2. The first-order chi connectivity index (χ1) is 10.6. The van der Waals surface area contributed by atoms with Gasteiger partial charge in [-0.05, 0) is 31.2 Å². The SMILES string of the molecule is Cc1nc2ccccc2c(=O)n1Nc1ccccc1C(=O)O. The number of nitrogens with zero attached hydrogens (tertiary/aromatic N) is 2. The van der Waals surface area contributed by atoms with E-state index in [1.54, 1.807) is 43.3 Å². The summed E-state index contributed by atoms with van der Waals surface area (Å²) in [5.74, 6) is -0.619. The average Bonchev–Trinajstić information content (AvgIpc) is 2.51. The van der Waals surface area contributed by atoms with Crippen LogP contribution in [0.2, 0.25) is 0 Å². The number of aromatic nitrogens is 2. The second kappa shape index (κ2) is 5.33. The molecule has 0 atom stereocenters. The summed E-state index contributed by atoms with van der Waals surface area (Å²) < 4.78 is 1.25. The molecule has 1 heterocycles. The van der Waals surface area contributed by atoms with E-state index in [-0.39, 0.29) is 11.1 Å². The number of carboxylic acids is 1. The summed E-state index contributed by atoms with van der Waals surface area (Å²) in [6.07, 6.45) is 0. The van der Waals surface area contributed by atoms with Crippen molar-refractivity contribution in [3.05, 3.63) is 70.3 Å². The van der Waals surface area contributed by atoms with Crippen LogP contribution in [0.15, 0.2) is 53.3 Å². The Bertz CT molecular complexity index is 931. The lowest BCUT2D eigenvalue weighted by Gasteiger charge is -2.14. The number of aromatic carboxylic acids is 1. The number of nitrogens with one attached hydrogen (secondary N) is 1. The van der Waals surface area contributed by atoms with Crippen LogP contribution in [0.25, 0.3) is 10.9 Å². The van der Waals surface area contributed by atoms with E-state index >= 15 is 0 Å². The number of fused-ring (bicyclic) bond motifs is 1. The first kappa shape index (κ1) is 13.8. The van der Waals surface area contributed by atoms with Crippen molar-refractivity contribution in [3.8, 4) is 0 Å². The summed E-state index contributed by atoms with van der Waals surface area (Å²) in [7, 11) is 0. The summed E-state index contributed by atoms with van der Waals surface area (Å²) >= 11 is 0. The topological polar surface area (TPSA) is 84.2 Å². The van der Waals surface area contributed by atoms with Crippen LogP contribution in [-0.2, 0) is 0 Å². The third-order valence-corrected chi connectivity index (χ3v) is 3.33. The van der Waals surface area contributed by atoms with E-state index in [9.17, 15) is 14.7 Å². The summed E-state index contributed by atoms with van der Waals surface area (Å²) in [5.41, 5.74) is 3.59. The third-order valence-electron chi connectivity index (χ3n) is 3.33. The van der Waals surface area contributed by atoms with Crippen molar-refractivity contribution in [1.82, 2.24) is 9.66 Å². The Hall–Kier alpha value is -3.15. The van der Waals surface area contributed by atoms with E-state index in [0.29, 0.717) is 22.4 Å². The van der Waals surface area contributed by atoms with Gasteiger partial charge in [0.2, 0.25) is 0 Å². The molecule has 2 aromatic carbocycles. The molecule has 0 saturated heterocycles. The zero-order valence-corrected chi connectivity index (χ0v) is 11.8. The van der Waals surface area contributed by atoms with Gasteiger partial charge in [0.05, 0.1) is 22.2 Å². The second-order valence-electron chi connectivity index (χ2n) is 4.78. The Morgan fingerprint density at radius 2 is 1.82 bits per heavy atom. The summed E-state index contributed by atoms with van der Waals surface area (Å²) in [5, 5.41) is 9.68. The molecule has 110 valence electrons. The van der Waals surface area contributed by atoms with Crippen LogP contribution in [0, 0.1) is 6.92 Å². The van der Waals surface area contributed by atoms with Gasteiger partial charge in [0, 0.05) is 0 Å². The van der Waals surface area contributed by atoms with Gasteiger partial charge in [-0.1, -0.05) is 24.3 Å². The lowest BCUT2D eigenvalue weighted by Crippen LogP contribution is -2.30. The van der Waals surface area contributed by atoms with Gasteiger partial charge in [-0.15, -0.1) is 0 Å². The molecule has 1 aromatic heterocycles. The van der Waals surface area contributed by atoms with Gasteiger partial charge in [0.1, 0.15) is 5.82 Å². The van der Waals surface area contributed by atoms with E-state index in [1.807, 2.05) is 6.07 Å². The Morgan fingerprint density at radius 3 is 2.59 bits per heavy atom. The molecule has 0 saturated carbocycles. The molecule has 0 aliphatic heterocycles. The Kier molecular flexibility index (Phi) is 3.34. The van der Waals surface area contributed by atoms with Gasteiger partial charge in [0.25, 0.3) is 5.56 Å². The quantitative estimate of drug-likeness (QED) is 0.774. The number of anilines is 1. The molecule has 6 nitrogen and oxygen atoms in total. The fourth-order valence-electron chi connectivity index (χ4n) is 2.26. The van der Waals surface area contributed by atoms with Crippen molar-refractivity contribution in [2.45, 2.75) is 6.92 Å². The third kappa shape index (κ3) is 2.31. The number of hydrogen-bond acceptors (Lipinski definition) is 4. The molecule has 6 heteroatoms. The highest BCUT2D eigenvalue weighted by molar-refractivity contribution is 5.94. The Morgan fingerprint density at radius 1 is 1.14 bits per heavy atom. The fourth-order valence-corrected chi connectivity index (χ4v) is 2.26. The zero-order valence-electron chi connectivity index (χ0n) is 11.8. The minimum Gasteiger partial charge on any atom is -0.478 e. The summed E-state index contributed by atoms with van der Waals surface area (Å²) in [6.45, 7) is 1.68. The molecular weight excluding hydrogens is 282 g/mol. The highest BCUT2D eigenvalue weighted by Crippen LogP contribution is 2.15. The number of para-hydroxylation sites is 2. The fraction of sp³-hybridized carbons (Fsp3) is 0.0625. The van der Waals surface area contributed by atoms with Crippen molar-refractivity contribution >= 4 is 22.6 Å². The second-order valence-corrected chi connectivity index (χ2v) is 4.78. The summed E-state index contributed by atoms with van der Waals surface area (Å²) in [6, 6.07) is 13.4. The number of rotatable bonds is 3. The number of aryl methyl sites for hydroxylation is 1. The molecule has 0 aliphatic rings. The van der Waals surface area contributed by atoms with Crippen molar-refractivity contribution in [2.24, 2.45) is 0 Å². The van der Waals surface area contributed by atoms with E-state index in [0.717, 1.165) is 0 Å². The molecule has 0 spiro atoms. The molecule has 0 radical (unpaired) electrons.